The van der Waals surface area contributed by atoms with Crippen LogP contribution in [0, 0.1) is 5.92 Å². The summed E-state index contributed by atoms with van der Waals surface area (Å²) in [6, 6.07) is 5.97. The average molecular weight is 316 g/mol. The zero-order chi connectivity index (χ0) is 16.0. The van der Waals surface area contributed by atoms with Crippen molar-refractivity contribution in [2.75, 3.05) is 19.6 Å². The lowest BCUT2D eigenvalue weighted by atomic mass is 9.97. The lowest BCUT2D eigenvalue weighted by Crippen LogP contribution is -2.38. The van der Waals surface area contributed by atoms with Crippen LogP contribution in [-0.4, -0.2) is 31.9 Å². The Balaban J connectivity index is 1.85. The van der Waals surface area contributed by atoms with Crippen LogP contribution in [0.3, 0.4) is 0 Å². The van der Waals surface area contributed by atoms with E-state index in [1.54, 1.807) is 12.1 Å². The fourth-order valence-corrected chi connectivity index (χ4v) is 2.48. The molecule has 1 heterocycles. The van der Waals surface area contributed by atoms with Gasteiger partial charge in [0.2, 0.25) is 5.91 Å². The van der Waals surface area contributed by atoms with Gasteiger partial charge in [-0.2, -0.15) is 0 Å². The molecule has 0 aromatic heterocycles. The van der Waals surface area contributed by atoms with E-state index in [2.05, 4.69) is 15.4 Å². The van der Waals surface area contributed by atoms with Gasteiger partial charge in [-0.05, 0) is 44.0 Å². The molecule has 1 saturated heterocycles. The Kier molecular flexibility index (Phi) is 5.65. The van der Waals surface area contributed by atoms with Crippen molar-refractivity contribution in [1.29, 1.82) is 0 Å². The number of benzene rings is 1. The maximum Gasteiger partial charge on any atom is 0.573 e. The summed E-state index contributed by atoms with van der Waals surface area (Å²) in [6.45, 7) is 1.93. The minimum absolute atomic E-state index is 0.0112. The number of ether oxygens (including phenoxy) is 1. The molecule has 1 aromatic carbocycles. The smallest absolute Gasteiger partial charge is 0.406 e. The largest absolute Gasteiger partial charge is 0.573 e. The second kappa shape index (κ2) is 7.49. The van der Waals surface area contributed by atoms with Crippen molar-refractivity contribution < 1.29 is 22.7 Å². The summed E-state index contributed by atoms with van der Waals surface area (Å²) in [5.41, 5.74) is 0.422. The van der Waals surface area contributed by atoms with Crippen LogP contribution in [0.2, 0.25) is 0 Å². The van der Waals surface area contributed by atoms with E-state index in [0.29, 0.717) is 18.5 Å². The number of halogens is 3. The standard InChI is InChI=1S/C15H19F3N2O2/c16-15(17,18)22-13-4-2-1-3-11(13)7-10-20-14(21)12-5-8-19-9-6-12/h1-4,12,19H,5-10H2,(H,20,21). The summed E-state index contributed by atoms with van der Waals surface area (Å²) in [5.74, 6) is -0.259. The Morgan fingerprint density at radius 2 is 1.95 bits per heavy atom. The summed E-state index contributed by atoms with van der Waals surface area (Å²) in [7, 11) is 0. The molecule has 1 amide bonds. The number of carbonyl (C=O) groups is 1. The number of hydrogen-bond acceptors (Lipinski definition) is 3. The molecule has 1 aliphatic heterocycles. The highest BCUT2D eigenvalue weighted by Crippen LogP contribution is 2.26. The predicted molar refractivity (Wildman–Crippen MR) is 75.4 cm³/mol. The molecule has 0 saturated carbocycles. The van der Waals surface area contributed by atoms with Gasteiger partial charge in [-0.3, -0.25) is 4.79 Å². The number of rotatable bonds is 5. The zero-order valence-corrected chi connectivity index (χ0v) is 12.1. The number of piperidine rings is 1. The first-order valence-corrected chi connectivity index (χ1v) is 7.28. The van der Waals surface area contributed by atoms with E-state index in [1.165, 1.54) is 12.1 Å². The maximum absolute atomic E-state index is 12.3. The van der Waals surface area contributed by atoms with E-state index in [9.17, 15) is 18.0 Å². The molecule has 0 bridgehead atoms. The first kappa shape index (κ1) is 16.6. The normalized spacial score (nSPS) is 16.3. The van der Waals surface area contributed by atoms with Crippen LogP contribution in [0.15, 0.2) is 24.3 Å². The summed E-state index contributed by atoms with van der Waals surface area (Å²) in [6.07, 6.45) is -2.84. The first-order valence-electron chi connectivity index (χ1n) is 7.28. The summed E-state index contributed by atoms with van der Waals surface area (Å²) < 4.78 is 40.9. The maximum atomic E-state index is 12.3. The second-order valence-corrected chi connectivity index (χ2v) is 5.22. The van der Waals surface area contributed by atoms with Crippen LogP contribution >= 0.6 is 0 Å². The third kappa shape index (κ3) is 5.22. The summed E-state index contributed by atoms with van der Waals surface area (Å²) in [4.78, 5) is 12.0. The van der Waals surface area contributed by atoms with Gasteiger partial charge in [0.15, 0.2) is 0 Å². The molecule has 2 rings (SSSR count). The Morgan fingerprint density at radius 3 is 2.64 bits per heavy atom. The highest BCUT2D eigenvalue weighted by molar-refractivity contribution is 5.78. The van der Waals surface area contributed by atoms with Gasteiger partial charge in [-0.1, -0.05) is 18.2 Å². The van der Waals surface area contributed by atoms with Crippen LogP contribution in [0.4, 0.5) is 13.2 Å². The van der Waals surface area contributed by atoms with Crippen LogP contribution in [0.25, 0.3) is 0 Å². The van der Waals surface area contributed by atoms with Crippen molar-refractivity contribution in [3.05, 3.63) is 29.8 Å². The molecule has 7 heteroatoms. The van der Waals surface area contributed by atoms with Crippen LogP contribution < -0.4 is 15.4 Å². The van der Waals surface area contributed by atoms with E-state index in [0.717, 1.165) is 25.9 Å². The van der Waals surface area contributed by atoms with E-state index < -0.39 is 6.36 Å². The minimum atomic E-state index is -4.71. The molecule has 122 valence electrons. The van der Waals surface area contributed by atoms with Gasteiger partial charge in [0, 0.05) is 12.5 Å². The van der Waals surface area contributed by atoms with Gasteiger partial charge >= 0.3 is 6.36 Å². The lowest BCUT2D eigenvalue weighted by molar-refractivity contribution is -0.274. The van der Waals surface area contributed by atoms with Crippen molar-refractivity contribution in [3.8, 4) is 5.75 Å². The highest BCUT2D eigenvalue weighted by Gasteiger charge is 2.31. The topological polar surface area (TPSA) is 50.4 Å². The number of carbonyl (C=O) groups excluding carboxylic acids is 1. The molecule has 22 heavy (non-hydrogen) atoms. The Labute approximate surface area is 127 Å². The predicted octanol–water partition coefficient (Wildman–Crippen LogP) is 2.24. The zero-order valence-electron chi connectivity index (χ0n) is 12.1. The molecule has 1 aliphatic rings. The van der Waals surface area contributed by atoms with E-state index in [-0.39, 0.29) is 17.6 Å². The third-order valence-corrected chi connectivity index (χ3v) is 3.60. The molecule has 0 atom stereocenters. The fourth-order valence-electron chi connectivity index (χ4n) is 2.48. The average Bonchev–Trinajstić information content (AvgIpc) is 2.48. The van der Waals surface area contributed by atoms with Crippen LogP contribution in [-0.2, 0) is 11.2 Å². The molecule has 0 radical (unpaired) electrons. The van der Waals surface area contributed by atoms with Crippen molar-refractivity contribution in [3.63, 3.8) is 0 Å². The van der Waals surface area contributed by atoms with Crippen molar-refractivity contribution >= 4 is 5.91 Å². The number of hydrogen-bond donors (Lipinski definition) is 2. The molecular formula is C15H19F3N2O2. The van der Waals surface area contributed by atoms with Crippen molar-refractivity contribution in [2.24, 2.45) is 5.92 Å². The molecule has 4 nitrogen and oxygen atoms in total. The van der Waals surface area contributed by atoms with Crippen LogP contribution in [0.1, 0.15) is 18.4 Å². The monoisotopic (exact) mass is 316 g/mol. The van der Waals surface area contributed by atoms with Gasteiger partial charge in [-0.25, -0.2) is 0 Å². The Morgan fingerprint density at radius 1 is 1.27 bits per heavy atom. The number of para-hydroxylation sites is 1. The lowest BCUT2D eigenvalue weighted by Gasteiger charge is -2.21. The molecular weight excluding hydrogens is 297 g/mol. The van der Waals surface area contributed by atoms with Crippen LogP contribution in [0.5, 0.6) is 5.75 Å². The summed E-state index contributed by atoms with van der Waals surface area (Å²) in [5, 5.41) is 5.97. The molecule has 1 fully saturated rings. The Bertz CT molecular complexity index is 500. The van der Waals surface area contributed by atoms with Gasteiger partial charge in [0.05, 0.1) is 0 Å². The molecule has 0 aliphatic carbocycles. The van der Waals surface area contributed by atoms with Crippen molar-refractivity contribution in [1.82, 2.24) is 10.6 Å². The highest BCUT2D eigenvalue weighted by atomic mass is 19.4. The SMILES string of the molecule is O=C(NCCc1ccccc1OC(F)(F)F)C1CCNCC1. The molecule has 0 spiro atoms. The second-order valence-electron chi connectivity index (χ2n) is 5.22. The van der Waals surface area contributed by atoms with Crippen molar-refractivity contribution in [2.45, 2.75) is 25.6 Å². The van der Waals surface area contributed by atoms with Gasteiger partial charge in [0.25, 0.3) is 0 Å². The van der Waals surface area contributed by atoms with Gasteiger partial charge in [0.1, 0.15) is 5.75 Å². The molecule has 0 unspecified atom stereocenters. The number of amides is 1. The Hall–Kier alpha value is -1.76. The summed E-state index contributed by atoms with van der Waals surface area (Å²) >= 11 is 0. The number of alkyl halides is 3. The minimum Gasteiger partial charge on any atom is -0.406 e. The quantitative estimate of drug-likeness (QED) is 0.876. The van der Waals surface area contributed by atoms with Gasteiger partial charge in [-0.15, -0.1) is 13.2 Å². The van der Waals surface area contributed by atoms with E-state index in [4.69, 9.17) is 0 Å². The van der Waals surface area contributed by atoms with E-state index in [1.807, 2.05) is 0 Å². The molecule has 1 aromatic rings. The first-order chi connectivity index (χ1) is 10.5. The van der Waals surface area contributed by atoms with Gasteiger partial charge < -0.3 is 15.4 Å². The van der Waals surface area contributed by atoms with E-state index >= 15 is 0 Å². The third-order valence-electron chi connectivity index (χ3n) is 3.60. The fraction of sp³-hybridized carbons (Fsp3) is 0.533. The molecule has 2 N–H and O–H groups in total. The number of nitrogens with one attached hydrogen (secondary N) is 2.